The molecule has 0 saturated carbocycles. The van der Waals surface area contributed by atoms with Gasteiger partial charge in [-0.15, -0.1) is 0 Å². The molecule has 0 heterocycles. The van der Waals surface area contributed by atoms with Crippen molar-refractivity contribution in [1.29, 1.82) is 0 Å². The Balaban J connectivity index is 2.79. The van der Waals surface area contributed by atoms with E-state index in [1.54, 1.807) is 7.11 Å². The van der Waals surface area contributed by atoms with Gasteiger partial charge in [0.2, 0.25) is 0 Å². The predicted molar refractivity (Wildman–Crippen MR) is 87.2 cm³/mol. The van der Waals surface area contributed by atoms with E-state index in [9.17, 15) is 0 Å². The summed E-state index contributed by atoms with van der Waals surface area (Å²) in [5.41, 5.74) is 1.68. The third-order valence-corrected chi connectivity index (χ3v) is 4.08. The molecule has 0 radical (unpaired) electrons. The van der Waals surface area contributed by atoms with E-state index in [0.29, 0.717) is 5.92 Å². The van der Waals surface area contributed by atoms with Gasteiger partial charge in [0.05, 0.1) is 0 Å². The molecule has 2 nitrogen and oxygen atoms in total. The van der Waals surface area contributed by atoms with Gasteiger partial charge >= 0.3 is 0 Å². The molecule has 0 saturated heterocycles. The molecule has 1 N–H and O–H groups in total. The molecule has 0 aliphatic heterocycles. The van der Waals surface area contributed by atoms with E-state index in [1.807, 2.05) is 0 Å². The summed E-state index contributed by atoms with van der Waals surface area (Å²) in [6, 6.07) is 10.9. The average molecular weight is 277 g/mol. The average Bonchev–Trinajstić information content (AvgIpc) is 2.46. The molecular formula is C18H31NO. The smallest absolute Gasteiger partial charge is 0.0462 e. The SMILES string of the molecule is CCC(CCCOC)(CNCC(C)C)c1ccccc1. The fourth-order valence-corrected chi connectivity index (χ4v) is 2.79. The highest BCUT2D eigenvalue weighted by Crippen LogP contribution is 2.32. The van der Waals surface area contributed by atoms with E-state index in [0.717, 1.165) is 32.5 Å². The van der Waals surface area contributed by atoms with Gasteiger partial charge < -0.3 is 10.1 Å². The van der Waals surface area contributed by atoms with Crippen LogP contribution in [0.2, 0.25) is 0 Å². The first-order valence-corrected chi connectivity index (χ1v) is 7.90. The summed E-state index contributed by atoms with van der Waals surface area (Å²) < 4.78 is 5.24. The largest absolute Gasteiger partial charge is 0.385 e. The molecule has 0 amide bonds. The zero-order valence-electron chi connectivity index (χ0n) is 13.6. The minimum atomic E-state index is 0.231. The maximum Gasteiger partial charge on any atom is 0.0462 e. The topological polar surface area (TPSA) is 21.3 Å². The Morgan fingerprint density at radius 1 is 1.20 bits per heavy atom. The van der Waals surface area contributed by atoms with Gasteiger partial charge in [-0.2, -0.15) is 0 Å². The van der Waals surface area contributed by atoms with E-state index in [-0.39, 0.29) is 5.41 Å². The normalized spacial score (nSPS) is 14.4. The molecule has 1 unspecified atom stereocenters. The van der Waals surface area contributed by atoms with Gasteiger partial charge in [0.1, 0.15) is 0 Å². The fourth-order valence-electron chi connectivity index (χ4n) is 2.79. The zero-order chi connectivity index (χ0) is 14.8. The maximum absolute atomic E-state index is 5.24. The lowest BCUT2D eigenvalue weighted by molar-refractivity contribution is 0.180. The predicted octanol–water partition coefficient (Wildman–Crippen LogP) is 4.01. The number of rotatable bonds is 10. The number of ether oxygens (including phenoxy) is 1. The second-order valence-corrected chi connectivity index (χ2v) is 6.12. The number of methoxy groups -OCH3 is 1. The van der Waals surface area contributed by atoms with Gasteiger partial charge in [0.25, 0.3) is 0 Å². The molecule has 0 aliphatic rings. The Morgan fingerprint density at radius 3 is 2.45 bits per heavy atom. The number of benzene rings is 1. The van der Waals surface area contributed by atoms with Crippen molar-refractivity contribution in [2.45, 2.75) is 45.4 Å². The molecule has 1 aromatic carbocycles. The maximum atomic E-state index is 5.24. The van der Waals surface area contributed by atoms with Gasteiger partial charge in [-0.3, -0.25) is 0 Å². The second kappa shape index (κ2) is 9.15. The van der Waals surface area contributed by atoms with Crippen LogP contribution in [0.5, 0.6) is 0 Å². The monoisotopic (exact) mass is 277 g/mol. The summed E-state index contributed by atoms with van der Waals surface area (Å²) in [5.74, 6) is 0.694. The van der Waals surface area contributed by atoms with Gasteiger partial charge in [-0.1, -0.05) is 51.1 Å². The molecule has 0 aromatic heterocycles. The molecule has 1 atom stereocenters. The van der Waals surface area contributed by atoms with Crippen molar-refractivity contribution in [2.75, 3.05) is 26.8 Å². The van der Waals surface area contributed by atoms with Crippen LogP contribution >= 0.6 is 0 Å². The first-order valence-electron chi connectivity index (χ1n) is 7.90. The summed E-state index contributed by atoms with van der Waals surface area (Å²) in [6.45, 7) is 9.80. The lowest BCUT2D eigenvalue weighted by Crippen LogP contribution is -2.39. The van der Waals surface area contributed by atoms with Crippen LogP contribution in [0.4, 0.5) is 0 Å². The van der Waals surface area contributed by atoms with Crippen LogP contribution in [-0.2, 0) is 10.2 Å². The first kappa shape index (κ1) is 17.2. The second-order valence-electron chi connectivity index (χ2n) is 6.12. The van der Waals surface area contributed by atoms with Gasteiger partial charge in [0, 0.05) is 25.7 Å². The first-order chi connectivity index (χ1) is 9.64. The van der Waals surface area contributed by atoms with Crippen LogP contribution in [-0.4, -0.2) is 26.8 Å². The van der Waals surface area contributed by atoms with Crippen LogP contribution in [0.1, 0.15) is 45.6 Å². The zero-order valence-corrected chi connectivity index (χ0v) is 13.6. The third kappa shape index (κ3) is 5.26. The standard InChI is InChI=1S/C18H31NO/c1-5-18(12-9-13-20-4,15-19-14-16(2)3)17-10-7-6-8-11-17/h6-8,10-11,16,19H,5,9,12-15H2,1-4H3. The molecule has 1 aromatic rings. The van der Waals surface area contributed by atoms with Crippen LogP contribution in [0.15, 0.2) is 30.3 Å². The van der Waals surface area contributed by atoms with Gasteiger partial charge in [-0.05, 0) is 37.3 Å². The molecule has 0 spiro atoms. The van der Waals surface area contributed by atoms with Crippen molar-refractivity contribution < 1.29 is 4.74 Å². The van der Waals surface area contributed by atoms with Gasteiger partial charge in [0.15, 0.2) is 0 Å². The van der Waals surface area contributed by atoms with E-state index in [4.69, 9.17) is 4.74 Å². The van der Waals surface area contributed by atoms with E-state index < -0.39 is 0 Å². The lowest BCUT2D eigenvalue weighted by atomic mass is 9.74. The third-order valence-electron chi connectivity index (χ3n) is 4.08. The molecule has 0 aliphatic carbocycles. The summed E-state index contributed by atoms with van der Waals surface area (Å²) in [4.78, 5) is 0. The summed E-state index contributed by atoms with van der Waals surface area (Å²) >= 11 is 0. The van der Waals surface area contributed by atoms with Crippen LogP contribution in [0.3, 0.4) is 0 Å². The minimum absolute atomic E-state index is 0.231. The van der Waals surface area contributed by atoms with Crippen molar-refractivity contribution in [2.24, 2.45) is 5.92 Å². The Labute approximate surface area is 124 Å². The Morgan fingerprint density at radius 2 is 1.90 bits per heavy atom. The quantitative estimate of drug-likeness (QED) is 0.653. The number of nitrogens with one attached hydrogen (secondary N) is 1. The number of hydrogen-bond acceptors (Lipinski definition) is 2. The molecule has 114 valence electrons. The molecule has 0 fully saturated rings. The highest BCUT2D eigenvalue weighted by Gasteiger charge is 2.29. The molecule has 20 heavy (non-hydrogen) atoms. The Bertz CT molecular complexity index is 350. The van der Waals surface area contributed by atoms with Crippen molar-refractivity contribution >= 4 is 0 Å². The summed E-state index contributed by atoms with van der Waals surface area (Å²) in [5, 5.41) is 3.66. The minimum Gasteiger partial charge on any atom is -0.385 e. The van der Waals surface area contributed by atoms with Crippen LogP contribution in [0, 0.1) is 5.92 Å². The van der Waals surface area contributed by atoms with Crippen molar-refractivity contribution in [3.63, 3.8) is 0 Å². The van der Waals surface area contributed by atoms with Gasteiger partial charge in [-0.25, -0.2) is 0 Å². The summed E-state index contributed by atoms with van der Waals surface area (Å²) in [7, 11) is 1.78. The van der Waals surface area contributed by atoms with Crippen LogP contribution < -0.4 is 5.32 Å². The molecular weight excluding hydrogens is 246 g/mol. The Hall–Kier alpha value is -0.860. The van der Waals surface area contributed by atoms with Crippen LogP contribution in [0.25, 0.3) is 0 Å². The van der Waals surface area contributed by atoms with E-state index in [2.05, 4.69) is 56.4 Å². The molecule has 0 bridgehead atoms. The van der Waals surface area contributed by atoms with E-state index in [1.165, 1.54) is 12.0 Å². The highest BCUT2D eigenvalue weighted by molar-refractivity contribution is 5.26. The van der Waals surface area contributed by atoms with Crippen molar-refractivity contribution in [3.8, 4) is 0 Å². The summed E-state index contributed by atoms with van der Waals surface area (Å²) in [6.07, 6.45) is 3.45. The lowest BCUT2D eigenvalue weighted by Gasteiger charge is -2.34. The van der Waals surface area contributed by atoms with Crippen molar-refractivity contribution in [3.05, 3.63) is 35.9 Å². The number of hydrogen-bond donors (Lipinski definition) is 1. The molecule has 1 rings (SSSR count). The Kier molecular flexibility index (Phi) is 7.86. The fraction of sp³-hybridized carbons (Fsp3) is 0.667. The van der Waals surface area contributed by atoms with Crippen molar-refractivity contribution in [1.82, 2.24) is 5.32 Å². The van der Waals surface area contributed by atoms with E-state index >= 15 is 0 Å². The highest BCUT2D eigenvalue weighted by atomic mass is 16.5. The molecule has 2 heteroatoms.